The SMILES string of the molecule is O=C(Cc1ccc(OCCC2CC2C2CCN(c3ncc(Cl)cn3)CC2)cc1F)NC1CCCC1. The third-order valence-electron chi connectivity index (χ3n) is 7.87. The van der Waals surface area contributed by atoms with Crippen molar-refractivity contribution in [2.45, 2.75) is 63.8 Å². The molecule has 6 nitrogen and oxygen atoms in total. The maximum Gasteiger partial charge on any atom is 0.225 e. The van der Waals surface area contributed by atoms with Crippen LogP contribution in [0.3, 0.4) is 0 Å². The molecule has 1 aromatic heterocycles. The molecule has 1 aliphatic heterocycles. The van der Waals surface area contributed by atoms with Gasteiger partial charge in [-0.05, 0) is 67.9 Å². The van der Waals surface area contributed by atoms with E-state index in [1.807, 2.05) is 0 Å². The number of ether oxygens (including phenoxy) is 1. The smallest absolute Gasteiger partial charge is 0.225 e. The molecule has 0 bridgehead atoms. The highest BCUT2D eigenvalue weighted by molar-refractivity contribution is 6.30. The molecule has 2 unspecified atom stereocenters. The van der Waals surface area contributed by atoms with Crippen molar-refractivity contribution < 1.29 is 13.9 Å². The number of rotatable bonds is 9. The molecule has 188 valence electrons. The fourth-order valence-electron chi connectivity index (χ4n) is 5.79. The van der Waals surface area contributed by atoms with E-state index in [-0.39, 0.29) is 24.2 Å². The number of anilines is 1. The summed E-state index contributed by atoms with van der Waals surface area (Å²) in [6, 6.07) is 5.12. The number of carbonyl (C=O) groups is 1. The topological polar surface area (TPSA) is 67.3 Å². The molecule has 2 aliphatic carbocycles. The van der Waals surface area contributed by atoms with Crippen LogP contribution in [0.2, 0.25) is 5.02 Å². The molecule has 35 heavy (non-hydrogen) atoms. The van der Waals surface area contributed by atoms with Crippen LogP contribution >= 0.6 is 11.6 Å². The second-order valence-corrected chi connectivity index (χ2v) is 10.7. The van der Waals surface area contributed by atoms with Crippen molar-refractivity contribution in [3.63, 3.8) is 0 Å². The second-order valence-electron chi connectivity index (χ2n) is 10.3. The van der Waals surface area contributed by atoms with Crippen LogP contribution in [0.15, 0.2) is 30.6 Å². The van der Waals surface area contributed by atoms with Gasteiger partial charge in [0.1, 0.15) is 11.6 Å². The largest absolute Gasteiger partial charge is 0.493 e. The average Bonchev–Trinajstić information content (AvgIpc) is 3.45. The predicted octanol–water partition coefficient (Wildman–Crippen LogP) is 5.19. The molecular weight excluding hydrogens is 467 g/mol. The molecule has 8 heteroatoms. The number of nitrogens with one attached hydrogen (secondary N) is 1. The van der Waals surface area contributed by atoms with Gasteiger partial charge in [0.25, 0.3) is 0 Å². The first-order valence-electron chi connectivity index (χ1n) is 13.0. The molecule has 2 atom stereocenters. The van der Waals surface area contributed by atoms with Gasteiger partial charge in [-0.15, -0.1) is 0 Å². The fraction of sp³-hybridized carbons (Fsp3) is 0.593. The van der Waals surface area contributed by atoms with Crippen molar-refractivity contribution in [1.82, 2.24) is 15.3 Å². The summed E-state index contributed by atoms with van der Waals surface area (Å²) >= 11 is 5.89. The third kappa shape index (κ3) is 6.43. The van der Waals surface area contributed by atoms with E-state index in [9.17, 15) is 9.18 Å². The van der Waals surface area contributed by atoms with Gasteiger partial charge in [0.2, 0.25) is 11.9 Å². The van der Waals surface area contributed by atoms with Crippen molar-refractivity contribution in [2.24, 2.45) is 17.8 Å². The normalized spacial score (nSPS) is 22.9. The number of benzene rings is 1. The lowest BCUT2D eigenvalue weighted by Crippen LogP contribution is -2.35. The quantitative estimate of drug-likeness (QED) is 0.513. The second kappa shape index (κ2) is 11.1. The van der Waals surface area contributed by atoms with E-state index < -0.39 is 0 Å². The van der Waals surface area contributed by atoms with Gasteiger partial charge in [0.05, 0.1) is 30.4 Å². The van der Waals surface area contributed by atoms with Gasteiger partial charge >= 0.3 is 0 Å². The maximum atomic E-state index is 14.5. The molecule has 0 spiro atoms. The lowest BCUT2D eigenvalue weighted by molar-refractivity contribution is -0.121. The molecule has 1 N–H and O–H groups in total. The Morgan fingerprint density at radius 2 is 1.89 bits per heavy atom. The molecule has 1 aromatic carbocycles. The molecule has 0 radical (unpaired) electrons. The summed E-state index contributed by atoms with van der Waals surface area (Å²) in [7, 11) is 0. The Hall–Kier alpha value is -2.41. The van der Waals surface area contributed by atoms with Gasteiger partial charge in [0, 0.05) is 25.2 Å². The molecule has 1 saturated heterocycles. The summed E-state index contributed by atoms with van der Waals surface area (Å²) in [5, 5.41) is 3.58. The predicted molar refractivity (Wildman–Crippen MR) is 134 cm³/mol. The van der Waals surface area contributed by atoms with Gasteiger partial charge in [0.15, 0.2) is 0 Å². The summed E-state index contributed by atoms with van der Waals surface area (Å²) in [6.07, 6.45) is 12.3. The Morgan fingerprint density at radius 3 is 2.60 bits per heavy atom. The number of aromatic nitrogens is 2. The van der Waals surface area contributed by atoms with Crippen LogP contribution in [0.5, 0.6) is 5.75 Å². The Bertz CT molecular complexity index is 1010. The summed E-state index contributed by atoms with van der Waals surface area (Å²) < 4.78 is 20.4. The Morgan fingerprint density at radius 1 is 1.14 bits per heavy atom. The lowest BCUT2D eigenvalue weighted by atomic mass is 9.90. The van der Waals surface area contributed by atoms with E-state index in [0.29, 0.717) is 28.9 Å². The number of halogens is 2. The number of hydrogen-bond donors (Lipinski definition) is 1. The molecule has 3 fully saturated rings. The number of carbonyl (C=O) groups excluding carboxylic acids is 1. The highest BCUT2D eigenvalue weighted by Gasteiger charge is 2.43. The molecule has 5 rings (SSSR count). The van der Waals surface area contributed by atoms with Crippen LogP contribution in [-0.2, 0) is 11.2 Å². The van der Waals surface area contributed by atoms with Gasteiger partial charge in [-0.2, -0.15) is 0 Å². The van der Waals surface area contributed by atoms with Crippen LogP contribution in [-0.4, -0.2) is 41.6 Å². The number of amides is 1. The Kier molecular flexibility index (Phi) is 7.71. The molecule has 2 aromatic rings. The molecule has 1 amide bonds. The first-order chi connectivity index (χ1) is 17.0. The maximum absolute atomic E-state index is 14.5. The van der Waals surface area contributed by atoms with Crippen molar-refractivity contribution in [1.29, 1.82) is 0 Å². The van der Waals surface area contributed by atoms with Crippen molar-refractivity contribution in [3.05, 3.63) is 47.0 Å². The third-order valence-corrected chi connectivity index (χ3v) is 8.06. The zero-order valence-electron chi connectivity index (χ0n) is 20.1. The monoisotopic (exact) mass is 500 g/mol. The molecule has 2 heterocycles. The minimum absolute atomic E-state index is 0.0787. The van der Waals surface area contributed by atoms with E-state index in [0.717, 1.165) is 75.8 Å². The van der Waals surface area contributed by atoms with E-state index in [1.165, 1.54) is 12.5 Å². The summed E-state index contributed by atoms with van der Waals surface area (Å²) in [6.45, 7) is 2.56. The zero-order valence-corrected chi connectivity index (χ0v) is 20.9. The Labute approximate surface area is 211 Å². The van der Waals surface area contributed by atoms with Gasteiger partial charge in [-0.3, -0.25) is 4.79 Å². The highest BCUT2D eigenvalue weighted by atomic mass is 35.5. The minimum atomic E-state index is -0.371. The van der Waals surface area contributed by atoms with Crippen LogP contribution in [0.4, 0.5) is 10.3 Å². The number of nitrogens with zero attached hydrogens (tertiary/aromatic N) is 3. The van der Waals surface area contributed by atoms with Crippen LogP contribution in [0.1, 0.15) is 56.9 Å². The zero-order chi connectivity index (χ0) is 24.2. The van der Waals surface area contributed by atoms with Gasteiger partial charge in [-0.1, -0.05) is 30.5 Å². The summed E-state index contributed by atoms with van der Waals surface area (Å²) in [5.41, 5.74) is 0.422. The van der Waals surface area contributed by atoms with E-state index in [1.54, 1.807) is 24.5 Å². The first-order valence-corrected chi connectivity index (χ1v) is 13.4. The summed E-state index contributed by atoms with van der Waals surface area (Å²) in [4.78, 5) is 23.1. The van der Waals surface area contributed by atoms with Crippen LogP contribution in [0, 0.1) is 23.6 Å². The highest BCUT2D eigenvalue weighted by Crippen LogP contribution is 2.49. The van der Waals surface area contributed by atoms with Crippen LogP contribution < -0.4 is 15.0 Å². The number of piperidine rings is 1. The van der Waals surface area contributed by atoms with E-state index >= 15 is 0 Å². The average molecular weight is 501 g/mol. The molecule has 3 aliphatic rings. The standard InChI is InChI=1S/C27H34ClFN4O2/c28-21-16-30-27(31-17-21)33-10-7-18(8-11-33)24-13-19(24)9-12-35-23-6-5-20(25(29)15-23)14-26(34)32-22-3-1-2-4-22/h5-6,15-19,22,24H,1-4,7-14H2,(H,32,34). The Balaban J connectivity index is 1.01. The van der Waals surface area contributed by atoms with E-state index in [4.69, 9.17) is 16.3 Å². The van der Waals surface area contributed by atoms with Crippen molar-refractivity contribution in [2.75, 3.05) is 24.6 Å². The fourth-order valence-corrected chi connectivity index (χ4v) is 5.89. The summed E-state index contributed by atoms with van der Waals surface area (Å²) in [5.74, 6) is 3.04. The van der Waals surface area contributed by atoms with Crippen molar-refractivity contribution in [3.8, 4) is 5.75 Å². The van der Waals surface area contributed by atoms with Gasteiger partial charge < -0.3 is 15.0 Å². The molecular formula is C27H34ClFN4O2. The molecule has 2 saturated carbocycles. The minimum Gasteiger partial charge on any atom is -0.493 e. The first kappa shape index (κ1) is 24.3. The van der Waals surface area contributed by atoms with E-state index in [2.05, 4.69) is 20.2 Å². The van der Waals surface area contributed by atoms with Crippen LogP contribution in [0.25, 0.3) is 0 Å². The van der Waals surface area contributed by atoms with Gasteiger partial charge in [-0.25, -0.2) is 14.4 Å². The lowest BCUT2D eigenvalue weighted by Gasteiger charge is -2.32. The van der Waals surface area contributed by atoms with Crippen molar-refractivity contribution >= 4 is 23.5 Å². The number of hydrogen-bond acceptors (Lipinski definition) is 5.